The second-order valence-corrected chi connectivity index (χ2v) is 6.41. The summed E-state index contributed by atoms with van der Waals surface area (Å²) in [5.74, 6) is 1.09. The average Bonchev–Trinajstić information content (AvgIpc) is 2.98. The normalized spacial score (nSPS) is 14.3. The molecule has 0 amide bonds. The molecule has 116 valence electrons. The third-order valence-corrected chi connectivity index (χ3v) is 4.45. The van der Waals surface area contributed by atoms with Gasteiger partial charge in [-0.15, -0.1) is 0 Å². The summed E-state index contributed by atoms with van der Waals surface area (Å²) in [7, 11) is 0. The van der Waals surface area contributed by atoms with Crippen LogP contribution in [0.1, 0.15) is 97.2 Å². The molecule has 0 aliphatic carbocycles. The lowest BCUT2D eigenvalue weighted by molar-refractivity contribution is 0.263. The van der Waals surface area contributed by atoms with E-state index in [1.165, 1.54) is 70.6 Å². The minimum Gasteiger partial charge on any atom is -0.361 e. The molecule has 0 radical (unpaired) electrons. The van der Waals surface area contributed by atoms with Gasteiger partial charge in [0.25, 0.3) is 0 Å². The van der Waals surface area contributed by atoms with Crippen LogP contribution in [0.5, 0.6) is 0 Å². The first-order valence-electron chi connectivity index (χ1n) is 8.64. The molecule has 0 saturated carbocycles. The molecule has 2 heteroatoms. The lowest BCUT2D eigenvalue weighted by Crippen LogP contribution is -2.21. The van der Waals surface area contributed by atoms with E-state index < -0.39 is 0 Å². The van der Waals surface area contributed by atoms with Gasteiger partial charge >= 0.3 is 0 Å². The number of rotatable bonds is 12. The largest absolute Gasteiger partial charge is 0.361 e. The van der Waals surface area contributed by atoms with E-state index >= 15 is 0 Å². The Bertz CT molecular complexity index is 320. The molecule has 0 saturated heterocycles. The monoisotopic (exact) mass is 279 g/mol. The fourth-order valence-electron chi connectivity index (χ4n) is 2.96. The highest BCUT2D eigenvalue weighted by molar-refractivity contribution is 5.09. The van der Waals surface area contributed by atoms with Crippen LogP contribution in [-0.2, 0) is 5.41 Å². The van der Waals surface area contributed by atoms with Gasteiger partial charge in [-0.2, -0.15) is 0 Å². The van der Waals surface area contributed by atoms with Gasteiger partial charge in [-0.1, -0.05) is 83.7 Å². The summed E-state index contributed by atoms with van der Waals surface area (Å²) in [6.45, 7) is 6.90. The van der Waals surface area contributed by atoms with Gasteiger partial charge in [0.15, 0.2) is 0 Å². The zero-order chi connectivity index (χ0) is 14.7. The van der Waals surface area contributed by atoms with Crippen molar-refractivity contribution in [3.63, 3.8) is 0 Å². The summed E-state index contributed by atoms with van der Waals surface area (Å²) < 4.78 is 5.48. The first kappa shape index (κ1) is 17.3. The molecule has 1 atom stereocenters. The van der Waals surface area contributed by atoms with Gasteiger partial charge in [-0.25, -0.2) is 0 Å². The smallest absolute Gasteiger partial charge is 0.142 e. The molecule has 20 heavy (non-hydrogen) atoms. The number of hydrogen-bond acceptors (Lipinski definition) is 2. The van der Waals surface area contributed by atoms with Crippen molar-refractivity contribution in [1.29, 1.82) is 0 Å². The predicted molar refractivity (Wildman–Crippen MR) is 86.0 cm³/mol. The quantitative estimate of drug-likeness (QED) is 0.422. The maximum Gasteiger partial charge on any atom is 0.142 e. The Balaban J connectivity index is 2.43. The predicted octanol–water partition coefficient (Wildman–Crippen LogP) is 6.26. The van der Waals surface area contributed by atoms with Gasteiger partial charge in [0.05, 0.1) is 6.20 Å². The first-order chi connectivity index (χ1) is 9.73. The minimum absolute atomic E-state index is 0.191. The number of aromatic nitrogens is 1. The Kier molecular flexibility index (Phi) is 8.64. The van der Waals surface area contributed by atoms with Crippen LogP contribution in [0.3, 0.4) is 0 Å². The van der Waals surface area contributed by atoms with E-state index in [0.717, 1.165) is 5.76 Å². The van der Waals surface area contributed by atoms with Gasteiger partial charge in [0.2, 0.25) is 0 Å². The summed E-state index contributed by atoms with van der Waals surface area (Å²) in [5.41, 5.74) is 0.191. The maximum absolute atomic E-state index is 5.48. The fourth-order valence-corrected chi connectivity index (χ4v) is 2.96. The zero-order valence-corrected chi connectivity index (χ0v) is 13.8. The van der Waals surface area contributed by atoms with Crippen molar-refractivity contribution in [2.45, 2.75) is 96.8 Å². The van der Waals surface area contributed by atoms with Crippen LogP contribution in [0.4, 0.5) is 0 Å². The van der Waals surface area contributed by atoms with Crippen molar-refractivity contribution in [1.82, 2.24) is 5.16 Å². The Labute approximate surface area is 125 Å². The molecule has 2 nitrogen and oxygen atoms in total. The molecule has 1 rings (SSSR count). The molecule has 1 unspecified atom stereocenters. The van der Waals surface area contributed by atoms with Crippen molar-refractivity contribution in [2.75, 3.05) is 0 Å². The lowest BCUT2D eigenvalue weighted by atomic mass is 9.77. The van der Waals surface area contributed by atoms with Gasteiger partial charge in [0.1, 0.15) is 5.76 Å². The minimum atomic E-state index is 0.191. The van der Waals surface area contributed by atoms with Crippen LogP contribution >= 0.6 is 0 Å². The molecule has 0 aliphatic rings. The van der Waals surface area contributed by atoms with Crippen molar-refractivity contribution in [3.8, 4) is 0 Å². The third kappa shape index (κ3) is 6.11. The van der Waals surface area contributed by atoms with Gasteiger partial charge in [0, 0.05) is 11.5 Å². The summed E-state index contributed by atoms with van der Waals surface area (Å²) in [6.07, 6.45) is 16.3. The third-order valence-electron chi connectivity index (χ3n) is 4.45. The maximum atomic E-state index is 5.48. The van der Waals surface area contributed by atoms with E-state index in [1.54, 1.807) is 6.20 Å². The topological polar surface area (TPSA) is 26.0 Å². The highest BCUT2D eigenvalue weighted by Gasteiger charge is 2.29. The molecule has 0 spiro atoms. The zero-order valence-electron chi connectivity index (χ0n) is 13.8. The Morgan fingerprint density at radius 1 is 0.900 bits per heavy atom. The van der Waals surface area contributed by atoms with Crippen molar-refractivity contribution in [2.24, 2.45) is 0 Å². The second kappa shape index (κ2) is 10.0. The molecule has 0 fully saturated rings. The van der Waals surface area contributed by atoms with Crippen molar-refractivity contribution in [3.05, 3.63) is 18.0 Å². The molecule has 1 aromatic rings. The standard InChI is InChI=1S/C18H33NO/c1-4-6-8-10-12-15-18(3,14-11-9-7-5-2)17-13-16-19-20-17/h13,16H,4-12,14-15H2,1-3H3. The van der Waals surface area contributed by atoms with Crippen molar-refractivity contribution < 1.29 is 4.52 Å². The molecular weight excluding hydrogens is 246 g/mol. The second-order valence-electron chi connectivity index (χ2n) is 6.41. The van der Waals surface area contributed by atoms with E-state index in [2.05, 4.69) is 32.0 Å². The van der Waals surface area contributed by atoms with Crippen LogP contribution in [0, 0.1) is 0 Å². The Morgan fingerprint density at radius 3 is 1.95 bits per heavy atom. The Hall–Kier alpha value is -0.790. The first-order valence-corrected chi connectivity index (χ1v) is 8.64. The van der Waals surface area contributed by atoms with E-state index in [1.807, 2.05) is 0 Å². The molecule has 1 aromatic heterocycles. The highest BCUT2D eigenvalue weighted by Crippen LogP contribution is 2.35. The van der Waals surface area contributed by atoms with Gasteiger partial charge in [-0.3, -0.25) is 0 Å². The number of unbranched alkanes of at least 4 members (excludes halogenated alkanes) is 7. The molecule has 0 aromatic carbocycles. The van der Waals surface area contributed by atoms with Crippen molar-refractivity contribution >= 4 is 0 Å². The summed E-state index contributed by atoms with van der Waals surface area (Å²) in [5, 5.41) is 3.92. The van der Waals surface area contributed by atoms with Crippen LogP contribution < -0.4 is 0 Å². The molecule has 0 N–H and O–H groups in total. The molecule has 1 heterocycles. The van der Waals surface area contributed by atoms with Gasteiger partial charge < -0.3 is 4.52 Å². The average molecular weight is 279 g/mol. The van der Waals surface area contributed by atoms with Gasteiger partial charge in [-0.05, 0) is 12.8 Å². The SMILES string of the molecule is CCCCCCCC(C)(CCCCCC)c1ccno1. The van der Waals surface area contributed by atoms with E-state index in [-0.39, 0.29) is 5.41 Å². The molecule has 0 aliphatic heterocycles. The summed E-state index contributed by atoms with van der Waals surface area (Å²) in [6, 6.07) is 2.06. The fraction of sp³-hybridized carbons (Fsp3) is 0.833. The lowest BCUT2D eigenvalue weighted by Gasteiger charge is -2.27. The van der Waals surface area contributed by atoms with E-state index in [0.29, 0.717) is 0 Å². The summed E-state index contributed by atoms with van der Waals surface area (Å²) >= 11 is 0. The van der Waals surface area contributed by atoms with Crippen LogP contribution in [0.25, 0.3) is 0 Å². The van der Waals surface area contributed by atoms with Crippen LogP contribution in [0.2, 0.25) is 0 Å². The molecular formula is C18H33NO. The Morgan fingerprint density at radius 2 is 1.45 bits per heavy atom. The molecule has 0 bridgehead atoms. The highest BCUT2D eigenvalue weighted by atomic mass is 16.5. The van der Waals surface area contributed by atoms with E-state index in [9.17, 15) is 0 Å². The number of hydrogen-bond donors (Lipinski definition) is 0. The van der Waals surface area contributed by atoms with Crippen LogP contribution in [0.15, 0.2) is 16.8 Å². The number of nitrogens with zero attached hydrogens (tertiary/aromatic N) is 1. The van der Waals surface area contributed by atoms with E-state index in [4.69, 9.17) is 4.52 Å². The summed E-state index contributed by atoms with van der Waals surface area (Å²) in [4.78, 5) is 0. The van der Waals surface area contributed by atoms with Crippen LogP contribution in [-0.4, -0.2) is 5.16 Å².